The van der Waals surface area contributed by atoms with Gasteiger partial charge in [0.2, 0.25) is 17.7 Å². The lowest BCUT2D eigenvalue weighted by Crippen LogP contribution is -2.61. The fraction of sp³-hybridized carbons (Fsp3) is 0.420. The third kappa shape index (κ3) is 8.71. The molecule has 6 aliphatic rings. The zero-order valence-corrected chi connectivity index (χ0v) is 39.5. The van der Waals surface area contributed by atoms with Crippen molar-refractivity contribution in [2.75, 3.05) is 59.7 Å². The molecule has 16 nitrogen and oxygen atoms in total. The first-order valence-corrected chi connectivity index (χ1v) is 24.9. The zero-order valence-electron chi connectivity index (χ0n) is 37.9. The van der Waals surface area contributed by atoms with Crippen molar-refractivity contribution in [3.8, 4) is 11.1 Å². The minimum atomic E-state index is -1.10. The van der Waals surface area contributed by atoms with Crippen LogP contribution >= 0.6 is 22.9 Å². The molecule has 1 unspecified atom stereocenters. The fourth-order valence-electron chi connectivity index (χ4n) is 11.1. The highest BCUT2D eigenvalue weighted by Crippen LogP contribution is 2.44. The Morgan fingerprint density at radius 3 is 2.43 bits per heavy atom. The molecule has 6 aliphatic heterocycles. The summed E-state index contributed by atoms with van der Waals surface area (Å²) in [6.07, 6.45) is 8.33. The van der Waals surface area contributed by atoms with Crippen LogP contribution < -0.4 is 25.8 Å². The average molecular weight is 976 g/mol. The largest absolute Gasteiger partial charge is 0.389 e. The number of nitrogens with zero attached hydrogens (tertiary/aromatic N) is 7. The fourth-order valence-corrected chi connectivity index (χ4v) is 12.0. The maximum absolute atomic E-state index is 16.0. The van der Waals surface area contributed by atoms with Crippen molar-refractivity contribution in [2.45, 2.75) is 88.6 Å². The number of anilines is 4. The van der Waals surface area contributed by atoms with E-state index in [0.29, 0.717) is 72.5 Å². The highest BCUT2D eigenvalue weighted by atomic mass is 35.5. The van der Waals surface area contributed by atoms with Crippen molar-refractivity contribution in [1.29, 1.82) is 0 Å². The number of halogens is 2. The smallest absolute Gasteiger partial charge is 0.255 e. The lowest BCUT2D eigenvalue weighted by atomic mass is 9.71. The van der Waals surface area contributed by atoms with Crippen molar-refractivity contribution in [3.05, 3.63) is 106 Å². The number of benzene rings is 3. The first-order chi connectivity index (χ1) is 33.3. The van der Waals surface area contributed by atoms with E-state index >= 15 is 4.39 Å². The van der Waals surface area contributed by atoms with Crippen LogP contribution in [0.3, 0.4) is 0 Å². The predicted octanol–water partition coefficient (Wildman–Crippen LogP) is 6.15. The van der Waals surface area contributed by atoms with Crippen LogP contribution in [0.4, 0.5) is 26.6 Å². The number of hydrogen-bond donors (Lipinski definition) is 4. The number of imide groups is 1. The number of nitrogens with one attached hydrogen (secondary N) is 3. The second kappa shape index (κ2) is 17.9. The average Bonchev–Trinajstić information content (AvgIpc) is 4.15. The summed E-state index contributed by atoms with van der Waals surface area (Å²) in [6.45, 7) is 4.82. The minimum absolute atomic E-state index is 0.0230. The van der Waals surface area contributed by atoms with Crippen LogP contribution in [0.25, 0.3) is 11.1 Å². The number of likely N-dealkylation sites (tertiary alicyclic amines) is 1. The Bertz CT molecular complexity index is 2850. The molecular formula is C50H52ClFN10O6S. The van der Waals surface area contributed by atoms with E-state index in [9.17, 15) is 29.1 Å². The van der Waals surface area contributed by atoms with Crippen LogP contribution in [0.1, 0.15) is 84.7 Å². The number of piperidine rings is 3. The van der Waals surface area contributed by atoms with Crippen LogP contribution in [-0.2, 0) is 38.7 Å². The number of rotatable bonds is 11. The maximum Gasteiger partial charge on any atom is 0.255 e. The molecule has 2 aromatic heterocycles. The monoisotopic (exact) mass is 974 g/mol. The number of aliphatic hydroxyl groups is 1. The first-order valence-electron chi connectivity index (χ1n) is 23.7. The van der Waals surface area contributed by atoms with Crippen LogP contribution in [-0.4, -0.2) is 110 Å². The molecule has 4 saturated heterocycles. The van der Waals surface area contributed by atoms with Gasteiger partial charge in [-0.3, -0.25) is 34.6 Å². The lowest BCUT2D eigenvalue weighted by molar-refractivity contribution is -0.140. The molecule has 11 rings (SSSR count). The Balaban J connectivity index is 0.669. The second-order valence-corrected chi connectivity index (χ2v) is 20.8. The second-order valence-electron chi connectivity index (χ2n) is 19.5. The minimum Gasteiger partial charge on any atom is -0.389 e. The summed E-state index contributed by atoms with van der Waals surface area (Å²) >= 11 is 7.97. The summed E-state index contributed by atoms with van der Waals surface area (Å²) in [7, 11) is 0. The molecule has 3 aromatic carbocycles. The molecule has 4 N–H and O–H groups in total. The van der Waals surface area contributed by atoms with Gasteiger partial charge in [0, 0.05) is 97.4 Å². The van der Waals surface area contributed by atoms with Gasteiger partial charge in [-0.2, -0.15) is 0 Å². The molecule has 5 amide bonds. The van der Waals surface area contributed by atoms with E-state index in [-0.39, 0.29) is 53.6 Å². The molecule has 5 aromatic rings. The maximum atomic E-state index is 16.0. The molecular weight excluding hydrogens is 923 g/mol. The molecule has 4 fully saturated rings. The number of aromatic nitrogens is 3. The summed E-state index contributed by atoms with van der Waals surface area (Å²) in [4.78, 5) is 81.9. The number of imidazole rings is 1. The number of carbonyl (C=O) groups is 5. The van der Waals surface area contributed by atoms with E-state index in [0.717, 1.165) is 67.9 Å². The number of fused-ring (bicyclic) bond motifs is 2. The zero-order chi connectivity index (χ0) is 47.6. The molecule has 358 valence electrons. The summed E-state index contributed by atoms with van der Waals surface area (Å²) < 4.78 is 18.0. The van der Waals surface area contributed by atoms with Crippen LogP contribution in [0.15, 0.2) is 72.5 Å². The third-order valence-electron chi connectivity index (χ3n) is 15.1. The molecule has 0 aliphatic carbocycles. The summed E-state index contributed by atoms with van der Waals surface area (Å²) in [5, 5.41) is 22.6. The summed E-state index contributed by atoms with van der Waals surface area (Å²) in [5.74, 6) is -2.01. The van der Waals surface area contributed by atoms with Gasteiger partial charge >= 0.3 is 0 Å². The van der Waals surface area contributed by atoms with E-state index < -0.39 is 35.3 Å². The SMILES string of the molecule is O=C1CC[C@H](Nc2ccc(N3CCC(O)(CC(=O)N4CCC5(CC4)CN(c4ccc(-c6cc(F)c7c(c6)C(=O)N(C(C(=O)Nc6nccs6)c6ncn8c6CCC8)C7)cc4)C5)CC3)c(Cl)c2)C(=O)N1. The Morgan fingerprint density at radius 2 is 1.71 bits per heavy atom. The van der Waals surface area contributed by atoms with Gasteiger partial charge in [0.15, 0.2) is 11.2 Å². The van der Waals surface area contributed by atoms with Gasteiger partial charge in [0.05, 0.1) is 41.3 Å². The van der Waals surface area contributed by atoms with Crippen LogP contribution in [0, 0.1) is 11.2 Å². The van der Waals surface area contributed by atoms with E-state index in [1.165, 1.54) is 22.3 Å². The predicted molar refractivity (Wildman–Crippen MR) is 258 cm³/mol. The number of hydrogen-bond acceptors (Lipinski definition) is 12. The molecule has 2 atom stereocenters. The molecule has 0 radical (unpaired) electrons. The highest BCUT2D eigenvalue weighted by Gasteiger charge is 2.47. The molecule has 1 spiro atoms. The van der Waals surface area contributed by atoms with Crippen molar-refractivity contribution >= 4 is 74.7 Å². The van der Waals surface area contributed by atoms with E-state index in [2.05, 4.69) is 35.7 Å². The van der Waals surface area contributed by atoms with Gasteiger partial charge < -0.3 is 34.6 Å². The quantitative estimate of drug-likeness (QED) is 0.111. The molecule has 69 heavy (non-hydrogen) atoms. The van der Waals surface area contributed by atoms with Crippen LogP contribution in [0.5, 0.6) is 0 Å². The van der Waals surface area contributed by atoms with Gasteiger partial charge in [0.1, 0.15) is 11.9 Å². The van der Waals surface area contributed by atoms with Gasteiger partial charge in [-0.15, -0.1) is 11.3 Å². The molecule has 0 bridgehead atoms. The third-order valence-corrected chi connectivity index (χ3v) is 16.1. The van der Waals surface area contributed by atoms with Crippen molar-refractivity contribution in [2.24, 2.45) is 5.41 Å². The van der Waals surface area contributed by atoms with Crippen molar-refractivity contribution < 1.29 is 33.5 Å². The highest BCUT2D eigenvalue weighted by molar-refractivity contribution is 7.13. The summed E-state index contributed by atoms with van der Waals surface area (Å²) in [5.41, 5.74) is 4.79. The molecule has 0 saturated carbocycles. The van der Waals surface area contributed by atoms with Gasteiger partial charge in [0.25, 0.3) is 11.8 Å². The van der Waals surface area contributed by atoms with Gasteiger partial charge in [-0.25, -0.2) is 14.4 Å². The molecule has 8 heterocycles. The Kier molecular flexibility index (Phi) is 11.7. The number of carbonyl (C=O) groups excluding carboxylic acids is 5. The number of aryl methyl sites for hydroxylation is 1. The Labute approximate surface area is 406 Å². The van der Waals surface area contributed by atoms with Crippen LogP contribution in [0.2, 0.25) is 5.02 Å². The summed E-state index contributed by atoms with van der Waals surface area (Å²) in [6, 6.07) is 15.1. The normalized spacial score (nSPS) is 20.9. The van der Waals surface area contributed by atoms with E-state index in [1.807, 2.05) is 45.9 Å². The van der Waals surface area contributed by atoms with Crippen molar-refractivity contribution in [1.82, 2.24) is 29.7 Å². The van der Waals surface area contributed by atoms with Crippen molar-refractivity contribution in [3.63, 3.8) is 0 Å². The standard InChI is InChI=1S/C50H52ClFN10O6S/c51-36-24-32(55-38-8-10-41(63)56-45(38)65)5-9-39(36)58-19-13-50(68,14-20-58)25-42(64)59-17-11-49(12-18-59)27-61(28-49)33-6-3-30(4-7-33)31-22-34-35(37(52)23-31)26-62(47(34)67)44(46(66)57-48-53-15-21-69-48)43-40-2-1-16-60(40)29-54-43/h3-7,9,15,21-24,29,38,44,55,68H,1-2,8,10-14,16-20,25-28H2,(H,53,57,66)(H,56,63,65)/t38-,44?/m0/s1. The molecule has 19 heteroatoms. The van der Waals surface area contributed by atoms with Gasteiger partial charge in [-0.1, -0.05) is 23.7 Å². The number of thiazole rings is 1. The first kappa shape index (κ1) is 45.1. The Hall–Kier alpha value is -6.37. The Morgan fingerprint density at radius 1 is 0.928 bits per heavy atom. The van der Waals surface area contributed by atoms with E-state index in [4.69, 9.17) is 11.6 Å². The van der Waals surface area contributed by atoms with E-state index in [1.54, 1.807) is 30.0 Å². The lowest BCUT2D eigenvalue weighted by Gasteiger charge is -2.55. The topological polar surface area (TPSA) is 185 Å². The van der Waals surface area contributed by atoms with Gasteiger partial charge in [-0.05, 0) is 98.5 Å². The number of amides is 5.